The third-order valence-electron chi connectivity index (χ3n) is 2.98. The fraction of sp³-hybridized carbons (Fsp3) is 0.286. The number of rotatable bonds is 5. The first-order valence-corrected chi connectivity index (χ1v) is 6.31. The number of hydrogen-bond acceptors (Lipinski definition) is 3. The van der Waals surface area contributed by atoms with Crippen molar-refractivity contribution in [3.8, 4) is 5.75 Å². The average molecular weight is 274 g/mol. The number of aromatic nitrogens is 2. The number of methoxy groups -OCH3 is 1. The van der Waals surface area contributed by atoms with Gasteiger partial charge >= 0.3 is 6.03 Å². The lowest BCUT2D eigenvalue weighted by Gasteiger charge is -2.10. The molecule has 0 aliphatic heterocycles. The van der Waals surface area contributed by atoms with Crippen LogP contribution in [0.2, 0.25) is 0 Å². The maximum atomic E-state index is 11.7. The maximum Gasteiger partial charge on any atom is 0.315 e. The van der Waals surface area contributed by atoms with E-state index in [2.05, 4.69) is 15.7 Å². The predicted molar refractivity (Wildman–Crippen MR) is 75.3 cm³/mol. The number of hydrogen-bond donors (Lipinski definition) is 2. The zero-order valence-electron chi connectivity index (χ0n) is 11.6. The third-order valence-corrected chi connectivity index (χ3v) is 2.98. The van der Waals surface area contributed by atoms with Gasteiger partial charge in [-0.25, -0.2) is 4.79 Å². The number of amides is 2. The molecule has 1 aromatic carbocycles. The van der Waals surface area contributed by atoms with Crippen molar-refractivity contribution in [3.63, 3.8) is 0 Å². The van der Waals surface area contributed by atoms with Crippen molar-refractivity contribution in [2.24, 2.45) is 7.05 Å². The van der Waals surface area contributed by atoms with Gasteiger partial charge in [0.15, 0.2) is 0 Å². The Bertz CT molecular complexity index is 580. The van der Waals surface area contributed by atoms with Crippen LogP contribution in [-0.4, -0.2) is 22.9 Å². The highest BCUT2D eigenvalue weighted by Gasteiger charge is 2.05. The Hall–Kier alpha value is -2.50. The third kappa shape index (κ3) is 3.50. The second-order valence-corrected chi connectivity index (χ2v) is 4.29. The summed E-state index contributed by atoms with van der Waals surface area (Å²) < 4.78 is 6.95. The Morgan fingerprint density at radius 2 is 2.00 bits per heavy atom. The molecule has 0 atom stereocenters. The zero-order valence-corrected chi connectivity index (χ0v) is 11.6. The first-order valence-electron chi connectivity index (χ1n) is 6.31. The standard InChI is InChI=1S/C14H18N4O2/c1-18-12(7-8-17-18)10-16-14(19)15-9-11-5-3-4-6-13(11)20-2/h3-8H,9-10H2,1-2H3,(H2,15,16,19). The number of nitrogens with zero attached hydrogens (tertiary/aromatic N) is 2. The van der Waals surface area contributed by atoms with Gasteiger partial charge in [0.05, 0.1) is 19.3 Å². The van der Waals surface area contributed by atoms with Gasteiger partial charge in [0, 0.05) is 25.4 Å². The van der Waals surface area contributed by atoms with Crippen molar-refractivity contribution in [2.45, 2.75) is 13.1 Å². The van der Waals surface area contributed by atoms with E-state index in [1.807, 2.05) is 37.4 Å². The van der Waals surface area contributed by atoms with Crippen molar-refractivity contribution in [3.05, 3.63) is 47.8 Å². The summed E-state index contributed by atoms with van der Waals surface area (Å²) in [5.41, 5.74) is 1.88. The monoisotopic (exact) mass is 274 g/mol. The van der Waals surface area contributed by atoms with E-state index in [9.17, 15) is 4.79 Å². The van der Waals surface area contributed by atoms with Crippen LogP contribution in [0.4, 0.5) is 4.79 Å². The van der Waals surface area contributed by atoms with E-state index in [0.717, 1.165) is 17.0 Å². The summed E-state index contributed by atoms with van der Waals surface area (Å²) in [5, 5.41) is 9.62. The van der Waals surface area contributed by atoms with E-state index in [1.165, 1.54) is 0 Å². The molecule has 0 saturated carbocycles. The molecular weight excluding hydrogens is 256 g/mol. The number of nitrogens with one attached hydrogen (secondary N) is 2. The zero-order chi connectivity index (χ0) is 14.4. The summed E-state index contributed by atoms with van der Waals surface area (Å²) in [4.78, 5) is 11.7. The van der Waals surface area contributed by atoms with Crippen molar-refractivity contribution in [1.82, 2.24) is 20.4 Å². The van der Waals surface area contributed by atoms with E-state index in [4.69, 9.17) is 4.74 Å². The topological polar surface area (TPSA) is 68.2 Å². The molecule has 0 saturated heterocycles. The Morgan fingerprint density at radius 3 is 2.70 bits per heavy atom. The fourth-order valence-electron chi connectivity index (χ4n) is 1.83. The molecule has 2 amide bonds. The van der Waals surface area contributed by atoms with Crippen molar-refractivity contribution in [1.29, 1.82) is 0 Å². The van der Waals surface area contributed by atoms with Crippen LogP contribution in [0.15, 0.2) is 36.5 Å². The average Bonchev–Trinajstić information content (AvgIpc) is 2.88. The number of ether oxygens (including phenoxy) is 1. The van der Waals surface area contributed by atoms with Gasteiger partial charge in [0.2, 0.25) is 0 Å². The molecule has 0 spiro atoms. The number of aryl methyl sites for hydroxylation is 1. The molecule has 0 aliphatic rings. The highest BCUT2D eigenvalue weighted by atomic mass is 16.5. The number of carbonyl (C=O) groups is 1. The molecule has 0 unspecified atom stereocenters. The minimum Gasteiger partial charge on any atom is -0.496 e. The second kappa shape index (κ2) is 6.60. The second-order valence-electron chi connectivity index (χ2n) is 4.29. The molecule has 2 N–H and O–H groups in total. The molecule has 0 bridgehead atoms. The molecule has 0 radical (unpaired) electrons. The SMILES string of the molecule is COc1ccccc1CNC(=O)NCc1ccnn1C. The summed E-state index contributed by atoms with van der Waals surface area (Å²) in [6.45, 7) is 0.857. The molecular formula is C14H18N4O2. The minimum absolute atomic E-state index is 0.225. The van der Waals surface area contributed by atoms with Gasteiger partial charge in [0.1, 0.15) is 5.75 Å². The molecule has 2 aromatic rings. The van der Waals surface area contributed by atoms with Crippen LogP contribution in [0.5, 0.6) is 5.75 Å². The molecule has 6 heteroatoms. The number of urea groups is 1. The van der Waals surface area contributed by atoms with E-state index >= 15 is 0 Å². The quantitative estimate of drug-likeness (QED) is 0.866. The van der Waals surface area contributed by atoms with Gasteiger partial charge < -0.3 is 15.4 Å². The van der Waals surface area contributed by atoms with Crippen LogP contribution in [0.25, 0.3) is 0 Å². The van der Waals surface area contributed by atoms with E-state index < -0.39 is 0 Å². The highest BCUT2D eigenvalue weighted by molar-refractivity contribution is 5.73. The lowest BCUT2D eigenvalue weighted by Crippen LogP contribution is -2.35. The fourth-order valence-corrected chi connectivity index (χ4v) is 1.83. The summed E-state index contributed by atoms with van der Waals surface area (Å²) in [7, 11) is 3.45. The smallest absolute Gasteiger partial charge is 0.315 e. The molecule has 0 aliphatic carbocycles. The molecule has 6 nitrogen and oxygen atoms in total. The van der Waals surface area contributed by atoms with Gasteiger partial charge in [0.25, 0.3) is 0 Å². The van der Waals surface area contributed by atoms with Crippen LogP contribution in [0.1, 0.15) is 11.3 Å². The summed E-state index contributed by atoms with van der Waals surface area (Å²) in [6.07, 6.45) is 1.70. The number of benzene rings is 1. The van der Waals surface area contributed by atoms with E-state index in [1.54, 1.807) is 18.0 Å². The Morgan fingerprint density at radius 1 is 1.25 bits per heavy atom. The Kier molecular flexibility index (Phi) is 4.60. The van der Waals surface area contributed by atoms with Gasteiger partial charge in [-0.2, -0.15) is 5.10 Å². The normalized spacial score (nSPS) is 10.1. The summed E-state index contributed by atoms with van der Waals surface area (Å²) >= 11 is 0. The van der Waals surface area contributed by atoms with E-state index in [-0.39, 0.29) is 6.03 Å². The largest absolute Gasteiger partial charge is 0.496 e. The van der Waals surface area contributed by atoms with Crippen molar-refractivity contribution >= 4 is 6.03 Å². The summed E-state index contributed by atoms with van der Waals surface area (Å²) in [5.74, 6) is 0.763. The van der Waals surface area contributed by atoms with Crippen molar-refractivity contribution in [2.75, 3.05) is 7.11 Å². The molecule has 0 fully saturated rings. The number of para-hydroxylation sites is 1. The molecule has 2 rings (SSSR count). The van der Waals surface area contributed by atoms with Crippen LogP contribution in [0, 0.1) is 0 Å². The van der Waals surface area contributed by atoms with Gasteiger partial charge in [-0.15, -0.1) is 0 Å². The molecule has 20 heavy (non-hydrogen) atoms. The molecule has 1 aromatic heterocycles. The first-order chi connectivity index (χ1) is 9.70. The van der Waals surface area contributed by atoms with Crippen LogP contribution in [-0.2, 0) is 20.1 Å². The lowest BCUT2D eigenvalue weighted by atomic mass is 10.2. The predicted octanol–water partition coefficient (Wildman–Crippen LogP) is 1.43. The number of carbonyl (C=O) groups excluding carboxylic acids is 1. The Labute approximate surface area is 117 Å². The van der Waals surface area contributed by atoms with Gasteiger partial charge in [-0.1, -0.05) is 18.2 Å². The maximum absolute atomic E-state index is 11.7. The highest BCUT2D eigenvalue weighted by Crippen LogP contribution is 2.16. The van der Waals surface area contributed by atoms with E-state index in [0.29, 0.717) is 13.1 Å². The first kappa shape index (κ1) is 13.9. The minimum atomic E-state index is -0.225. The van der Waals surface area contributed by atoms with Crippen molar-refractivity contribution < 1.29 is 9.53 Å². The molecule has 1 heterocycles. The van der Waals surface area contributed by atoms with Crippen LogP contribution >= 0.6 is 0 Å². The van der Waals surface area contributed by atoms with Crippen LogP contribution < -0.4 is 15.4 Å². The van der Waals surface area contributed by atoms with Gasteiger partial charge in [-0.3, -0.25) is 4.68 Å². The van der Waals surface area contributed by atoms with Crippen LogP contribution in [0.3, 0.4) is 0 Å². The summed E-state index contributed by atoms with van der Waals surface area (Å²) in [6, 6.07) is 9.22. The lowest BCUT2D eigenvalue weighted by molar-refractivity contribution is 0.239. The Balaban J connectivity index is 1.82. The van der Waals surface area contributed by atoms with Gasteiger partial charge in [-0.05, 0) is 12.1 Å². The molecule has 106 valence electrons.